The van der Waals surface area contributed by atoms with Crippen molar-refractivity contribution in [2.45, 2.75) is 39.8 Å². The van der Waals surface area contributed by atoms with Gasteiger partial charge in [0.15, 0.2) is 11.8 Å². The Morgan fingerprint density at radius 2 is 2.08 bits per heavy atom. The second kappa shape index (κ2) is 8.42. The third-order valence-electron chi connectivity index (χ3n) is 3.91. The molecule has 24 heavy (non-hydrogen) atoms. The first-order valence-corrected chi connectivity index (χ1v) is 8.20. The van der Waals surface area contributed by atoms with Gasteiger partial charge < -0.3 is 14.8 Å². The van der Waals surface area contributed by atoms with Crippen LogP contribution in [0.25, 0.3) is 0 Å². The van der Waals surface area contributed by atoms with Crippen LogP contribution in [0.5, 0.6) is 0 Å². The van der Waals surface area contributed by atoms with E-state index < -0.39 is 0 Å². The van der Waals surface area contributed by atoms with Crippen LogP contribution in [0.4, 0.5) is 0 Å². The monoisotopic (exact) mass is 333 g/mol. The molecule has 0 aliphatic rings. The van der Waals surface area contributed by atoms with Crippen LogP contribution in [-0.2, 0) is 27.2 Å². The first-order chi connectivity index (χ1) is 11.5. The van der Waals surface area contributed by atoms with Crippen molar-refractivity contribution in [2.24, 2.45) is 19.1 Å². The fraction of sp³-hybridized carbons (Fsp3) is 0.667. The number of hydrogen-bond donors (Lipinski definition) is 1. The Balaban J connectivity index is 2.09. The van der Waals surface area contributed by atoms with Crippen molar-refractivity contribution in [1.82, 2.24) is 39.7 Å². The van der Waals surface area contributed by atoms with Crippen LogP contribution in [0.15, 0.2) is 11.3 Å². The van der Waals surface area contributed by atoms with E-state index in [9.17, 15) is 0 Å². The molecule has 9 nitrogen and oxygen atoms in total. The molecule has 0 radical (unpaired) electrons. The lowest BCUT2D eigenvalue weighted by Gasteiger charge is -2.22. The number of unbranched alkanes of at least 4 members (excludes halogenated alkanes) is 1. The molecule has 0 saturated carbocycles. The summed E-state index contributed by atoms with van der Waals surface area (Å²) in [7, 11) is 5.84. The Hall–Kier alpha value is -2.45. The Labute approximate surface area is 142 Å². The van der Waals surface area contributed by atoms with Gasteiger partial charge in [0.2, 0.25) is 0 Å². The summed E-state index contributed by atoms with van der Waals surface area (Å²) in [5.74, 6) is 3.44. The van der Waals surface area contributed by atoms with Gasteiger partial charge in [-0.25, -0.2) is 9.98 Å². The molecule has 0 saturated heterocycles. The van der Waals surface area contributed by atoms with E-state index in [0.717, 1.165) is 42.8 Å². The molecule has 9 heteroatoms. The van der Waals surface area contributed by atoms with E-state index in [2.05, 4.69) is 32.5 Å². The van der Waals surface area contributed by atoms with Crippen molar-refractivity contribution < 1.29 is 0 Å². The van der Waals surface area contributed by atoms with Gasteiger partial charge in [0.25, 0.3) is 0 Å². The largest absolute Gasteiger partial charge is 0.356 e. The summed E-state index contributed by atoms with van der Waals surface area (Å²) in [6, 6.07) is 0. The predicted octanol–water partition coefficient (Wildman–Crippen LogP) is 0.630. The van der Waals surface area contributed by atoms with Crippen LogP contribution in [0.3, 0.4) is 0 Å². The van der Waals surface area contributed by atoms with Crippen LogP contribution >= 0.6 is 0 Å². The molecule has 2 heterocycles. The molecule has 132 valence electrons. The van der Waals surface area contributed by atoms with Crippen LogP contribution < -0.4 is 5.32 Å². The highest BCUT2D eigenvalue weighted by Gasteiger charge is 2.11. The molecule has 0 aromatic carbocycles. The topological polar surface area (TPSA) is 89.1 Å². The van der Waals surface area contributed by atoms with Crippen LogP contribution in [0.2, 0.25) is 0 Å². The van der Waals surface area contributed by atoms with E-state index >= 15 is 0 Å². The number of nitrogens with zero attached hydrogens (tertiary/aromatic N) is 8. The highest BCUT2D eigenvalue weighted by Crippen LogP contribution is 2.02. The molecule has 2 aromatic heterocycles. The van der Waals surface area contributed by atoms with Gasteiger partial charge in [0.05, 0.1) is 6.54 Å². The molecule has 1 N–H and O–H groups in total. The molecule has 0 atom stereocenters. The molecule has 2 rings (SSSR count). The van der Waals surface area contributed by atoms with Gasteiger partial charge in [-0.05, 0) is 13.3 Å². The van der Waals surface area contributed by atoms with Crippen molar-refractivity contribution in [2.75, 3.05) is 13.6 Å². The van der Waals surface area contributed by atoms with Crippen molar-refractivity contribution in [3.8, 4) is 0 Å². The molecule has 2 aromatic rings. The van der Waals surface area contributed by atoms with Gasteiger partial charge in [-0.2, -0.15) is 5.10 Å². The zero-order valence-electron chi connectivity index (χ0n) is 15.2. The molecule has 0 aliphatic carbocycles. The summed E-state index contributed by atoms with van der Waals surface area (Å²) < 4.78 is 3.72. The Bertz CT molecular complexity index is 670. The van der Waals surface area contributed by atoms with Crippen LogP contribution in [-0.4, -0.2) is 54.0 Å². The second-order valence-electron chi connectivity index (χ2n) is 5.80. The lowest BCUT2D eigenvalue weighted by atomic mass is 10.3. The van der Waals surface area contributed by atoms with Crippen molar-refractivity contribution in [3.05, 3.63) is 23.8 Å². The number of guanidine groups is 1. The first-order valence-electron chi connectivity index (χ1n) is 8.20. The van der Waals surface area contributed by atoms with Gasteiger partial charge in [0.1, 0.15) is 24.5 Å². The van der Waals surface area contributed by atoms with Gasteiger partial charge in [-0.15, -0.1) is 10.2 Å². The molecular weight excluding hydrogens is 306 g/mol. The SMILES string of the molecule is CCCCNC(=NCc1nnc(C)n1C)N(C)Cc1ncnn1C. The Morgan fingerprint density at radius 1 is 1.29 bits per heavy atom. The molecule has 0 aliphatic heterocycles. The molecule has 0 unspecified atom stereocenters. The van der Waals surface area contributed by atoms with E-state index in [1.165, 1.54) is 0 Å². The third-order valence-corrected chi connectivity index (χ3v) is 3.91. The van der Waals surface area contributed by atoms with Crippen molar-refractivity contribution in [1.29, 1.82) is 0 Å². The summed E-state index contributed by atoms with van der Waals surface area (Å²) in [6.45, 7) is 6.10. The first kappa shape index (κ1) is 17.9. The summed E-state index contributed by atoms with van der Waals surface area (Å²) in [5, 5.41) is 15.8. The normalized spacial score (nSPS) is 11.8. The van der Waals surface area contributed by atoms with E-state index in [1.54, 1.807) is 11.0 Å². The van der Waals surface area contributed by atoms with Crippen LogP contribution in [0.1, 0.15) is 37.2 Å². The zero-order chi connectivity index (χ0) is 17.5. The maximum atomic E-state index is 4.70. The van der Waals surface area contributed by atoms with Gasteiger partial charge >= 0.3 is 0 Å². The Morgan fingerprint density at radius 3 is 2.67 bits per heavy atom. The van der Waals surface area contributed by atoms with Gasteiger partial charge in [-0.3, -0.25) is 4.68 Å². The maximum Gasteiger partial charge on any atom is 0.194 e. The van der Waals surface area contributed by atoms with Gasteiger partial charge in [-0.1, -0.05) is 13.3 Å². The molecule has 0 bridgehead atoms. The summed E-state index contributed by atoms with van der Waals surface area (Å²) >= 11 is 0. The minimum absolute atomic E-state index is 0.481. The minimum atomic E-state index is 0.481. The average molecular weight is 333 g/mol. The van der Waals surface area contributed by atoms with Crippen molar-refractivity contribution in [3.63, 3.8) is 0 Å². The highest BCUT2D eigenvalue weighted by atomic mass is 15.4. The number of nitrogens with one attached hydrogen (secondary N) is 1. The zero-order valence-corrected chi connectivity index (χ0v) is 15.2. The average Bonchev–Trinajstić information content (AvgIpc) is 3.10. The van der Waals surface area contributed by atoms with E-state index in [1.807, 2.05) is 37.5 Å². The lowest BCUT2D eigenvalue weighted by molar-refractivity contribution is 0.445. The minimum Gasteiger partial charge on any atom is -0.356 e. The molecule has 0 spiro atoms. The predicted molar refractivity (Wildman–Crippen MR) is 92.3 cm³/mol. The smallest absolute Gasteiger partial charge is 0.194 e. The quantitative estimate of drug-likeness (QED) is 0.454. The fourth-order valence-corrected chi connectivity index (χ4v) is 2.17. The van der Waals surface area contributed by atoms with E-state index in [-0.39, 0.29) is 0 Å². The summed E-state index contributed by atoms with van der Waals surface area (Å²) in [4.78, 5) is 11.0. The standard InChI is InChI=1S/C15H27N9/c1-6-7-8-16-15(17-9-13-21-20-12(2)23(13)4)22(3)10-14-18-11-19-24(14)5/h11H,6-10H2,1-5H3,(H,16,17). The fourth-order valence-electron chi connectivity index (χ4n) is 2.17. The number of aromatic nitrogens is 6. The van der Waals surface area contributed by atoms with E-state index in [4.69, 9.17) is 4.99 Å². The molecular formula is C15H27N9. The van der Waals surface area contributed by atoms with E-state index in [0.29, 0.717) is 13.1 Å². The number of rotatable bonds is 7. The molecule has 0 fully saturated rings. The maximum absolute atomic E-state index is 4.70. The number of hydrogen-bond acceptors (Lipinski definition) is 5. The number of aryl methyl sites for hydroxylation is 2. The number of aliphatic imine (C=N–C) groups is 1. The van der Waals surface area contributed by atoms with Crippen LogP contribution in [0, 0.1) is 6.92 Å². The summed E-state index contributed by atoms with van der Waals surface area (Å²) in [5.41, 5.74) is 0. The van der Waals surface area contributed by atoms with Crippen molar-refractivity contribution >= 4 is 5.96 Å². The summed E-state index contributed by atoms with van der Waals surface area (Å²) in [6.07, 6.45) is 3.79. The highest BCUT2D eigenvalue weighted by molar-refractivity contribution is 5.79. The second-order valence-corrected chi connectivity index (χ2v) is 5.80. The van der Waals surface area contributed by atoms with Gasteiger partial charge in [0, 0.05) is 27.7 Å². The molecule has 0 amide bonds. The lowest BCUT2D eigenvalue weighted by Crippen LogP contribution is -2.39. The Kier molecular flexibility index (Phi) is 6.28. The third kappa shape index (κ3) is 4.53.